The van der Waals surface area contributed by atoms with Crippen molar-refractivity contribution in [3.63, 3.8) is 0 Å². The number of anilines is 1. The van der Waals surface area contributed by atoms with Crippen LogP contribution >= 0.6 is 11.6 Å². The number of carbonyl (C=O) groups excluding carboxylic acids is 1. The third kappa shape index (κ3) is 2.27. The van der Waals surface area contributed by atoms with E-state index in [0.29, 0.717) is 29.1 Å². The fraction of sp³-hybridized carbons (Fsp3) is 0.353. The Labute approximate surface area is 139 Å². The van der Waals surface area contributed by atoms with E-state index in [1.165, 1.54) is 0 Å². The Balaban J connectivity index is 1.95. The summed E-state index contributed by atoms with van der Waals surface area (Å²) in [6.07, 6.45) is 1.40. The summed E-state index contributed by atoms with van der Waals surface area (Å²) in [5.74, 6) is 1.84. The van der Waals surface area contributed by atoms with Crippen molar-refractivity contribution in [3.8, 4) is 0 Å². The maximum absolute atomic E-state index is 12.7. The highest BCUT2D eigenvalue weighted by Gasteiger charge is 2.38. The van der Waals surface area contributed by atoms with Gasteiger partial charge in [0.25, 0.3) is 0 Å². The first-order valence-corrected chi connectivity index (χ1v) is 8.13. The van der Waals surface area contributed by atoms with Crippen LogP contribution in [0.25, 0.3) is 0 Å². The van der Waals surface area contributed by atoms with Gasteiger partial charge in [-0.3, -0.25) is 4.79 Å². The van der Waals surface area contributed by atoms with Gasteiger partial charge in [0.1, 0.15) is 11.9 Å². The van der Waals surface area contributed by atoms with Crippen LogP contribution in [-0.4, -0.2) is 20.5 Å². The van der Waals surface area contributed by atoms with Crippen molar-refractivity contribution in [2.75, 3.05) is 5.32 Å². The molecule has 0 unspecified atom stereocenters. The molecule has 2 atom stereocenters. The number of hydrogen-bond acceptors (Lipinski definition) is 4. The van der Waals surface area contributed by atoms with Crippen LogP contribution in [0.1, 0.15) is 37.2 Å². The van der Waals surface area contributed by atoms with E-state index in [1.807, 2.05) is 31.2 Å². The van der Waals surface area contributed by atoms with Crippen LogP contribution in [0.5, 0.6) is 0 Å². The van der Waals surface area contributed by atoms with Gasteiger partial charge in [-0.2, -0.15) is 10.1 Å². The lowest BCUT2D eigenvalue weighted by Crippen LogP contribution is -2.33. The maximum atomic E-state index is 12.7. The number of aromatic nitrogens is 3. The molecule has 2 aliphatic rings. The zero-order valence-corrected chi connectivity index (χ0v) is 13.8. The minimum atomic E-state index is -0.309. The zero-order valence-electron chi connectivity index (χ0n) is 13.0. The van der Waals surface area contributed by atoms with E-state index in [2.05, 4.69) is 22.3 Å². The van der Waals surface area contributed by atoms with Gasteiger partial charge in [0.05, 0.1) is 0 Å². The summed E-state index contributed by atoms with van der Waals surface area (Å²) in [4.78, 5) is 17.2. The predicted molar refractivity (Wildman–Crippen MR) is 88.4 cm³/mol. The number of allylic oxidation sites excluding steroid dienone is 2. The molecule has 1 aromatic carbocycles. The Bertz CT molecular complexity index is 839. The standard InChI is InChI=1S/C17H17ClN4O/c1-9-7-13-15(14(23)8-9)16(11-5-3-4-6-12(11)18)22-17(20-13)19-10(2)21-22/h3-6,9,16H,7-8H2,1-2H3,(H,19,20,21)/t9-,16+/m0/s1. The molecule has 1 N–H and O–H groups in total. The summed E-state index contributed by atoms with van der Waals surface area (Å²) in [6.45, 7) is 3.94. The van der Waals surface area contributed by atoms with E-state index in [-0.39, 0.29) is 11.8 Å². The number of carbonyl (C=O) groups is 1. The smallest absolute Gasteiger partial charge is 0.226 e. The number of rotatable bonds is 1. The Kier molecular flexibility index (Phi) is 3.27. The topological polar surface area (TPSA) is 59.8 Å². The third-order valence-corrected chi connectivity index (χ3v) is 4.77. The second-order valence-corrected chi connectivity index (χ2v) is 6.71. The second-order valence-electron chi connectivity index (χ2n) is 6.31. The van der Waals surface area contributed by atoms with Gasteiger partial charge in [0, 0.05) is 28.3 Å². The number of nitrogens with one attached hydrogen (secondary N) is 1. The molecule has 0 spiro atoms. The molecule has 0 saturated heterocycles. The highest BCUT2D eigenvalue weighted by atomic mass is 35.5. The van der Waals surface area contributed by atoms with Gasteiger partial charge in [-0.05, 0) is 25.3 Å². The molecule has 4 rings (SSSR count). The largest absolute Gasteiger partial charge is 0.328 e. The number of Topliss-reactive ketones (excluding diaryl/α,β-unsaturated/α-hetero) is 1. The Morgan fingerprint density at radius 1 is 1.30 bits per heavy atom. The molecule has 0 amide bonds. The van der Waals surface area contributed by atoms with Crippen LogP contribution in [0.15, 0.2) is 35.5 Å². The molecule has 6 heteroatoms. The van der Waals surface area contributed by atoms with Gasteiger partial charge in [0.15, 0.2) is 5.78 Å². The average molecular weight is 329 g/mol. The van der Waals surface area contributed by atoms with Crippen LogP contribution in [0.2, 0.25) is 5.02 Å². The minimum absolute atomic E-state index is 0.162. The first-order chi connectivity index (χ1) is 11.0. The van der Waals surface area contributed by atoms with Crippen LogP contribution in [0.3, 0.4) is 0 Å². The van der Waals surface area contributed by atoms with Crippen LogP contribution in [0.4, 0.5) is 5.95 Å². The van der Waals surface area contributed by atoms with E-state index in [9.17, 15) is 4.79 Å². The van der Waals surface area contributed by atoms with Crippen LogP contribution in [-0.2, 0) is 4.79 Å². The Morgan fingerprint density at radius 3 is 2.87 bits per heavy atom. The molecular formula is C17H17ClN4O. The van der Waals surface area contributed by atoms with Crippen molar-refractivity contribution in [2.45, 2.75) is 32.7 Å². The monoisotopic (exact) mass is 328 g/mol. The fourth-order valence-corrected chi connectivity index (χ4v) is 3.74. The molecule has 118 valence electrons. The molecule has 23 heavy (non-hydrogen) atoms. The molecule has 0 radical (unpaired) electrons. The Hall–Kier alpha value is -2.14. The zero-order chi connectivity index (χ0) is 16.1. The molecule has 1 aromatic heterocycles. The van der Waals surface area contributed by atoms with Crippen LogP contribution in [0, 0.1) is 12.8 Å². The predicted octanol–water partition coefficient (Wildman–Crippen LogP) is 3.51. The van der Waals surface area contributed by atoms with Gasteiger partial charge in [-0.25, -0.2) is 4.68 Å². The lowest BCUT2D eigenvalue weighted by molar-refractivity contribution is -0.117. The van der Waals surface area contributed by atoms with E-state index in [4.69, 9.17) is 11.6 Å². The molecule has 0 saturated carbocycles. The van der Waals surface area contributed by atoms with E-state index < -0.39 is 0 Å². The summed E-state index contributed by atoms with van der Waals surface area (Å²) in [5, 5.41) is 8.43. The minimum Gasteiger partial charge on any atom is -0.328 e. The van der Waals surface area contributed by atoms with Crippen molar-refractivity contribution in [1.29, 1.82) is 0 Å². The van der Waals surface area contributed by atoms with E-state index in [0.717, 1.165) is 23.3 Å². The quantitative estimate of drug-likeness (QED) is 0.870. The van der Waals surface area contributed by atoms with E-state index >= 15 is 0 Å². The lowest BCUT2D eigenvalue weighted by atomic mass is 9.81. The first-order valence-electron chi connectivity index (χ1n) is 7.75. The third-order valence-electron chi connectivity index (χ3n) is 4.43. The van der Waals surface area contributed by atoms with Gasteiger partial charge in [0.2, 0.25) is 5.95 Å². The van der Waals surface area contributed by atoms with Crippen LogP contribution < -0.4 is 5.32 Å². The SMILES string of the molecule is Cc1nc2n(n1)[C@H](c1ccccc1Cl)C1=C(C[C@H](C)CC1=O)N2. The summed E-state index contributed by atoms with van der Waals surface area (Å²) < 4.78 is 1.78. The number of aryl methyl sites for hydroxylation is 1. The number of benzene rings is 1. The molecule has 0 bridgehead atoms. The average Bonchev–Trinajstić information content (AvgIpc) is 2.85. The summed E-state index contributed by atoms with van der Waals surface area (Å²) >= 11 is 6.42. The molecule has 1 aliphatic carbocycles. The molecule has 1 aliphatic heterocycles. The number of nitrogens with zero attached hydrogens (tertiary/aromatic N) is 3. The number of fused-ring (bicyclic) bond motifs is 1. The van der Waals surface area contributed by atoms with Gasteiger partial charge < -0.3 is 5.32 Å². The van der Waals surface area contributed by atoms with Crippen molar-refractivity contribution >= 4 is 23.3 Å². The molecule has 2 aromatic rings. The van der Waals surface area contributed by atoms with Gasteiger partial charge >= 0.3 is 0 Å². The molecular weight excluding hydrogens is 312 g/mol. The number of halogens is 1. The van der Waals surface area contributed by atoms with Crippen molar-refractivity contribution in [3.05, 3.63) is 51.9 Å². The maximum Gasteiger partial charge on any atom is 0.226 e. The molecule has 5 nitrogen and oxygen atoms in total. The first kappa shape index (κ1) is 14.5. The van der Waals surface area contributed by atoms with E-state index in [1.54, 1.807) is 4.68 Å². The van der Waals surface area contributed by atoms with Gasteiger partial charge in [-0.15, -0.1) is 0 Å². The summed E-state index contributed by atoms with van der Waals surface area (Å²) in [6, 6.07) is 7.31. The lowest BCUT2D eigenvalue weighted by Gasteiger charge is -2.34. The van der Waals surface area contributed by atoms with Gasteiger partial charge in [-0.1, -0.05) is 36.7 Å². The normalized spacial score (nSPS) is 23.3. The van der Waals surface area contributed by atoms with Crippen molar-refractivity contribution < 1.29 is 4.79 Å². The highest BCUT2D eigenvalue weighted by Crippen LogP contribution is 2.42. The van der Waals surface area contributed by atoms with Crippen molar-refractivity contribution in [1.82, 2.24) is 14.8 Å². The molecule has 2 heterocycles. The fourth-order valence-electron chi connectivity index (χ4n) is 3.50. The molecule has 0 fully saturated rings. The second kappa shape index (κ2) is 5.20. The Morgan fingerprint density at radius 2 is 2.09 bits per heavy atom. The summed E-state index contributed by atoms with van der Waals surface area (Å²) in [7, 11) is 0. The summed E-state index contributed by atoms with van der Waals surface area (Å²) in [5.41, 5.74) is 2.62. The number of hydrogen-bond donors (Lipinski definition) is 1. The highest BCUT2D eigenvalue weighted by molar-refractivity contribution is 6.31. The number of ketones is 1. The van der Waals surface area contributed by atoms with Crippen molar-refractivity contribution in [2.24, 2.45) is 5.92 Å².